The summed E-state index contributed by atoms with van der Waals surface area (Å²) in [6.07, 6.45) is 4.54. The molecule has 0 amide bonds. The fourth-order valence-electron chi connectivity index (χ4n) is 1.70. The lowest BCUT2D eigenvalue weighted by Crippen LogP contribution is -2.13. The van der Waals surface area contributed by atoms with Gasteiger partial charge in [-0.25, -0.2) is 4.79 Å². The average molecular weight is 250 g/mol. The largest absolute Gasteiger partial charge is 0.373 e. The van der Waals surface area contributed by atoms with Crippen molar-refractivity contribution in [3.05, 3.63) is 35.9 Å². The normalized spacial score (nSPS) is 12.1. The van der Waals surface area contributed by atoms with Crippen molar-refractivity contribution in [3.8, 4) is 0 Å². The Morgan fingerprint density at radius 1 is 1.22 bits per heavy atom. The first kappa shape index (κ1) is 14.7. The van der Waals surface area contributed by atoms with Gasteiger partial charge < -0.3 is 0 Å². The summed E-state index contributed by atoms with van der Waals surface area (Å²) < 4.78 is 0. The van der Waals surface area contributed by atoms with E-state index in [0.29, 0.717) is 18.1 Å². The van der Waals surface area contributed by atoms with E-state index >= 15 is 0 Å². The molecule has 0 heterocycles. The van der Waals surface area contributed by atoms with E-state index in [1.165, 1.54) is 12.8 Å². The highest BCUT2D eigenvalue weighted by atomic mass is 17.2. The number of carbonyl (C=O) groups is 1. The van der Waals surface area contributed by atoms with Gasteiger partial charge in [-0.3, -0.25) is 4.89 Å². The molecule has 3 nitrogen and oxygen atoms in total. The molecule has 1 rings (SSSR count). The maximum absolute atomic E-state index is 11.6. The molecule has 0 radical (unpaired) electrons. The molecule has 0 aliphatic heterocycles. The second-order valence-electron chi connectivity index (χ2n) is 4.44. The van der Waals surface area contributed by atoms with Crippen molar-refractivity contribution < 1.29 is 14.6 Å². The molecule has 0 spiro atoms. The van der Waals surface area contributed by atoms with Gasteiger partial charge in [-0.2, -0.15) is 4.89 Å². The molecular weight excluding hydrogens is 228 g/mol. The van der Waals surface area contributed by atoms with E-state index in [1.807, 2.05) is 6.07 Å². The standard InChI is InChI=1S/C15H22O3/c1-3-5-9-13(4-2)12-17-18-15(16)14-10-7-6-8-11-14/h6-8,10-11,13H,3-5,9,12H2,1-2H3. The van der Waals surface area contributed by atoms with E-state index in [4.69, 9.17) is 9.78 Å². The van der Waals surface area contributed by atoms with Gasteiger partial charge in [0, 0.05) is 0 Å². The first-order valence-corrected chi connectivity index (χ1v) is 6.66. The van der Waals surface area contributed by atoms with Crippen molar-refractivity contribution in [2.24, 2.45) is 5.92 Å². The Morgan fingerprint density at radius 2 is 1.94 bits per heavy atom. The topological polar surface area (TPSA) is 35.5 Å². The van der Waals surface area contributed by atoms with E-state index < -0.39 is 5.97 Å². The lowest BCUT2D eigenvalue weighted by molar-refractivity contribution is -0.249. The molecule has 100 valence electrons. The summed E-state index contributed by atoms with van der Waals surface area (Å²) in [5, 5.41) is 0. The Morgan fingerprint density at radius 3 is 2.56 bits per heavy atom. The van der Waals surface area contributed by atoms with Crippen LogP contribution in [0.5, 0.6) is 0 Å². The van der Waals surface area contributed by atoms with Crippen molar-refractivity contribution in [1.29, 1.82) is 0 Å². The summed E-state index contributed by atoms with van der Waals surface area (Å²) in [5.74, 6) is 0.0365. The summed E-state index contributed by atoms with van der Waals surface area (Å²) in [6, 6.07) is 8.87. The Labute approximate surface area is 109 Å². The lowest BCUT2D eigenvalue weighted by atomic mass is 10.0. The van der Waals surface area contributed by atoms with Gasteiger partial charge in [-0.15, -0.1) is 0 Å². The van der Waals surface area contributed by atoms with Crippen LogP contribution in [0.3, 0.4) is 0 Å². The molecule has 1 aromatic carbocycles. The molecule has 0 aliphatic rings. The third kappa shape index (κ3) is 5.32. The molecule has 0 N–H and O–H groups in total. The molecule has 0 saturated carbocycles. The first-order valence-electron chi connectivity index (χ1n) is 6.66. The Bertz CT molecular complexity index is 335. The van der Waals surface area contributed by atoms with E-state index in [1.54, 1.807) is 24.3 Å². The molecule has 0 bridgehead atoms. The number of carbonyl (C=O) groups excluding carboxylic acids is 1. The highest BCUT2D eigenvalue weighted by molar-refractivity contribution is 5.88. The lowest BCUT2D eigenvalue weighted by Gasteiger charge is -2.13. The zero-order chi connectivity index (χ0) is 13.2. The van der Waals surface area contributed by atoms with Gasteiger partial charge >= 0.3 is 5.97 Å². The maximum Gasteiger partial charge on any atom is 0.373 e. The fourth-order valence-corrected chi connectivity index (χ4v) is 1.70. The molecule has 18 heavy (non-hydrogen) atoms. The average Bonchev–Trinajstić information content (AvgIpc) is 2.43. The van der Waals surface area contributed by atoms with Crippen molar-refractivity contribution in [2.75, 3.05) is 6.61 Å². The van der Waals surface area contributed by atoms with Crippen LogP contribution in [0.25, 0.3) is 0 Å². The third-order valence-corrected chi connectivity index (χ3v) is 2.99. The van der Waals surface area contributed by atoms with Crippen LogP contribution < -0.4 is 0 Å². The number of hydrogen-bond acceptors (Lipinski definition) is 3. The molecule has 1 unspecified atom stereocenters. The van der Waals surface area contributed by atoms with Crippen LogP contribution in [0.1, 0.15) is 49.9 Å². The number of benzene rings is 1. The monoisotopic (exact) mass is 250 g/mol. The molecule has 0 fully saturated rings. The van der Waals surface area contributed by atoms with Gasteiger partial charge in [-0.05, 0) is 24.5 Å². The Balaban J connectivity index is 2.26. The second-order valence-corrected chi connectivity index (χ2v) is 4.44. The molecular formula is C15H22O3. The van der Waals surface area contributed by atoms with Crippen LogP contribution in [0.15, 0.2) is 30.3 Å². The smallest absolute Gasteiger partial charge is 0.293 e. The SMILES string of the molecule is CCCCC(CC)COOC(=O)c1ccccc1. The predicted molar refractivity (Wildman–Crippen MR) is 71.1 cm³/mol. The van der Waals surface area contributed by atoms with E-state index in [0.717, 1.165) is 12.8 Å². The van der Waals surface area contributed by atoms with Gasteiger partial charge in [0.2, 0.25) is 0 Å². The van der Waals surface area contributed by atoms with Crippen LogP contribution in [-0.2, 0) is 9.78 Å². The number of hydrogen-bond donors (Lipinski definition) is 0. The molecule has 1 atom stereocenters. The summed E-state index contributed by atoms with van der Waals surface area (Å²) in [4.78, 5) is 21.4. The van der Waals surface area contributed by atoms with Gasteiger partial charge in [-0.1, -0.05) is 51.3 Å². The van der Waals surface area contributed by atoms with Crippen LogP contribution in [-0.4, -0.2) is 12.6 Å². The number of rotatable bonds is 8. The quantitative estimate of drug-likeness (QED) is 0.517. The van der Waals surface area contributed by atoms with Crippen molar-refractivity contribution >= 4 is 5.97 Å². The highest BCUT2D eigenvalue weighted by Crippen LogP contribution is 2.13. The minimum atomic E-state index is -0.430. The number of unbranched alkanes of at least 4 members (excludes halogenated alkanes) is 1. The zero-order valence-corrected chi connectivity index (χ0v) is 11.2. The summed E-state index contributed by atoms with van der Waals surface area (Å²) in [5.41, 5.74) is 0.513. The minimum absolute atomic E-state index is 0.430. The Hall–Kier alpha value is -1.35. The van der Waals surface area contributed by atoms with Gasteiger partial charge in [0.15, 0.2) is 0 Å². The van der Waals surface area contributed by atoms with E-state index in [-0.39, 0.29) is 0 Å². The minimum Gasteiger partial charge on any atom is -0.293 e. The van der Waals surface area contributed by atoms with Crippen LogP contribution in [0.2, 0.25) is 0 Å². The fraction of sp³-hybridized carbons (Fsp3) is 0.533. The van der Waals surface area contributed by atoms with E-state index in [2.05, 4.69) is 13.8 Å². The summed E-state index contributed by atoms with van der Waals surface area (Å²) in [7, 11) is 0. The van der Waals surface area contributed by atoms with Crippen molar-refractivity contribution in [1.82, 2.24) is 0 Å². The predicted octanol–water partition coefficient (Wildman–Crippen LogP) is 3.99. The summed E-state index contributed by atoms with van der Waals surface area (Å²) in [6.45, 7) is 4.78. The molecule has 1 aromatic rings. The summed E-state index contributed by atoms with van der Waals surface area (Å²) >= 11 is 0. The third-order valence-electron chi connectivity index (χ3n) is 2.99. The first-order chi connectivity index (χ1) is 8.77. The van der Waals surface area contributed by atoms with Crippen LogP contribution in [0, 0.1) is 5.92 Å². The van der Waals surface area contributed by atoms with Crippen LogP contribution >= 0.6 is 0 Å². The molecule has 3 heteroatoms. The van der Waals surface area contributed by atoms with Gasteiger partial charge in [0.1, 0.15) is 0 Å². The maximum atomic E-state index is 11.6. The van der Waals surface area contributed by atoms with Crippen molar-refractivity contribution in [2.45, 2.75) is 39.5 Å². The van der Waals surface area contributed by atoms with E-state index in [9.17, 15) is 4.79 Å². The molecule has 0 aromatic heterocycles. The van der Waals surface area contributed by atoms with Crippen LogP contribution in [0.4, 0.5) is 0 Å². The molecule has 0 saturated heterocycles. The highest BCUT2D eigenvalue weighted by Gasteiger charge is 2.10. The van der Waals surface area contributed by atoms with Crippen molar-refractivity contribution in [3.63, 3.8) is 0 Å². The second kappa shape index (κ2) is 8.70. The molecule has 0 aliphatic carbocycles. The van der Waals surface area contributed by atoms with Gasteiger partial charge in [0.05, 0.1) is 12.2 Å². The van der Waals surface area contributed by atoms with Gasteiger partial charge in [0.25, 0.3) is 0 Å². The zero-order valence-electron chi connectivity index (χ0n) is 11.2. The Kier molecular flexibility index (Phi) is 7.11.